The van der Waals surface area contributed by atoms with Gasteiger partial charge in [0.1, 0.15) is 5.75 Å². The second-order valence-corrected chi connectivity index (χ2v) is 4.40. The third kappa shape index (κ3) is 3.85. The first-order chi connectivity index (χ1) is 6.51. The molecular weight excluding hydrogens is 205 g/mol. The number of rotatable bonds is 4. The van der Waals surface area contributed by atoms with Gasteiger partial charge in [0, 0.05) is 0 Å². The molecule has 5 heteroatoms. The quantitative estimate of drug-likeness (QED) is 0.765. The van der Waals surface area contributed by atoms with E-state index in [1.807, 2.05) is 0 Å². The Hall–Kier alpha value is -0.940. The van der Waals surface area contributed by atoms with Crippen LogP contribution in [0.3, 0.4) is 0 Å². The lowest BCUT2D eigenvalue weighted by molar-refractivity contribution is 0.551. The molecule has 2 N–H and O–H groups in total. The molecule has 1 rings (SSSR count). The summed E-state index contributed by atoms with van der Waals surface area (Å²) in [4.78, 5) is 0. The minimum atomic E-state index is -4.43. The molecule has 1 aromatic carbocycles. The van der Waals surface area contributed by atoms with Crippen LogP contribution in [0.15, 0.2) is 24.3 Å². The van der Waals surface area contributed by atoms with E-state index in [0.29, 0.717) is 12.1 Å². The van der Waals surface area contributed by atoms with Gasteiger partial charge in [0.25, 0.3) is 0 Å². The standard InChI is InChI=1S/C9H12FNO2S/c10-14(12,13)7-9-3-1-8(2-4-9)5-6-11/h1-4H,5-7,11H2. The second kappa shape index (κ2) is 4.52. The molecule has 0 spiro atoms. The summed E-state index contributed by atoms with van der Waals surface area (Å²) in [5, 5.41) is 0. The minimum absolute atomic E-state index is 0.452. The maximum Gasteiger partial charge on any atom is 0.306 e. The number of hydrogen-bond donors (Lipinski definition) is 1. The molecule has 1 aromatic rings. The van der Waals surface area contributed by atoms with E-state index in [4.69, 9.17) is 5.73 Å². The fourth-order valence-electron chi connectivity index (χ4n) is 1.17. The van der Waals surface area contributed by atoms with Crippen molar-refractivity contribution < 1.29 is 12.3 Å². The van der Waals surface area contributed by atoms with Gasteiger partial charge in [0.15, 0.2) is 0 Å². The van der Waals surface area contributed by atoms with Crippen LogP contribution in [0.25, 0.3) is 0 Å². The molecule has 0 heterocycles. The van der Waals surface area contributed by atoms with Crippen molar-refractivity contribution in [2.75, 3.05) is 6.54 Å². The van der Waals surface area contributed by atoms with Gasteiger partial charge in [0.2, 0.25) is 0 Å². The fraction of sp³-hybridized carbons (Fsp3) is 0.333. The summed E-state index contributed by atoms with van der Waals surface area (Å²) in [5.41, 5.74) is 6.82. The van der Waals surface area contributed by atoms with Crippen molar-refractivity contribution in [2.24, 2.45) is 5.73 Å². The summed E-state index contributed by atoms with van der Waals surface area (Å²) >= 11 is 0. The van der Waals surface area contributed by atoms with E-state index in [1.54, 1.807) is 24.3 Å². The summed E-state index contributed by atoms with van der Waals surface area (Å²) in [6.07, 6.45) is 0.739. The summed E-state index contributed by atoms with van der Waals surface area (Å²) in [6, 6.07) is 6.71. The molecule has 3 nitrogen and oxygen atoms in total. The van der Waals surface area contributed by atoms with E-state index in [9.17, 15) is 12.3 Å². The Morgan fingerprint density at radius 1 is 1.14 bits per heavy atom. The summed E-state index contributed by atoms with van der Waals surface area (Å²) in [6.45, 7) is 0.542. The van der Waals surface area contributed by atoms with E-state index in [2.05, 4.69) is 0 Å². The molecule has 0 fully saturated rings. The van der Waals surface area contributed by atoms with Gasteiger partial charge >= 0.3 is 10.2 Å². The maximum absolute atomic E-state index is 12.3. The Balaban J connectivity index is 2.74. The van der Waals surface area contributed by atoms with Crippen LogP contribution in [0.4, 0.5) is 3.89 Å². The summed E-state index contributed by atoms with van der Waals surface area (Å²) < 4.78 is 32.9. The molecule has 0 saturated heterocycles. The molecule has 0 amide bonds. The average molecular weight is 217 g/mol. The van der Waals surface area contributed by atoms with E-state index in [1.165, 1.54) is 0 Å². The van der Waals surface area contributed by atoms with Crippen LogP contribution in [0.1, 0.15) is 11.1 Å². The van der Waals surface area contributed by atoms with Gasteiger partial charge in [-0.2, -0.15) is 8.42 Å². The summed E-state index contributed by atoms with van der Waals surface area (Å²) in [7, 11) is -4.43. The molecular formula is C9H12FNO2S. The second-order valence-electron chi connectivity index (χ2n) is 3.04. The zero-order valence-corrected chi connectivity index (χ0v) is 8.43. The van der Waals surface area contributed by atoms with Crippen LogP contribution in [0.2, 0.25) is 0 Å². The first-order valence-electron chi connectivity index (χ1n) is 4.21. The van der Waals surface area contributed by atoms with E-state index >= 15 is 0 Å². The Morgan fingerprint density at radius 3 is 2.07 bits per heavy atom. The van der Waals surface area contributed by atoms with E-state index < -0.39 is 16.0 Å². The van der Waals surface area contributed by atoms with Gasteiger partial charge in [0.05, 0.1) is 0 Å². The van der Waals surface area contributed by atoms with Crippen molar-refractivity contribution in [3.63, 3.8) is 0 Å². The predicted octanol–water partition coefficient (Wildman–Crippen LogP) is 0.987. The van der Waals surface area contributed by atoms with Crippen LogP contribution in [0.5, 0.6) is 0 Å². The van der Waals surface area contributed by atoms with Crippen LogP contribution >= 0.6 is 0 Å². The summed E-state index contributed by atoms with van der Waals surface area (Å²) in [5.74, 6) is -0.560. The molecule has 0 aliphatic rings. The lowest BCUT2D eigenvalue weighted by atomic mass is 10.1. The Labute approximate surface area is 83.0 Å². The molecule has 0 aromatic heterocycles. The number of benzene rings is 1. The van der Waals surface area contributed by atoms with Crippen molar-refractivity contribution >= 4 is 10.2 Å². The predicted molar refractivity (Wildman–Crippen MR) is 52.9 cm³/mol. The minimum Gasteiger partial charge on any atom is -0.330 e. The van der Waals surface area contributed by atoms with Gasteiger partial charge in [-0.1, -0.05) is 24.3 Å². The van der Waals surface area contributed by atoms with Crippen LogP contribution < -0.4 is 5.73 Å². The van der Waals surface area contributed by atoms with Crippen LogP contribution in [-0.2, 0) is 22.4 Å². The lowest BCUT2D eigenvalue weighted by Crippen LogP contribution is -2.03. The fourth-order valence-corrected chi connectivity index (χ4v) is 1.76. The average Bonchev–Trinajstić information content (AvgIpc) is 2.06. The highest BCUT2D eigenvalue weighted by Crippen LogP contribution is 2.09. The van der Waals surface area contributed by atoms with Gasteiger partial charge in [-0.25, -0.2) is 0 Å². The molecule has 0 aliphatic heterocycles. The van der Waals surface area contributed by atoms with E-state index in [0.717, 1.165) is 12.0 Å². The zero-order chi connectivity index (χ0) is 10.6. The van der Waals surface area contributed by atoms with Gasteiger partial charge in [-0.15, -0.1) is 3.89 Å². The lowest BCUT2D eigenvalue weighted by Gasteiger charge is -2.00. The Kier molecular flexibility index (Phi) is 3.60. The third-order valence-corrected chi connectivity index (χ3v) is 2.47. The molecule has 0 bridgehead atoms. The van der Waals surface area contributed by atoms with Gasteiger partial charge in [-0.3, -0.25) is 0 Å². The SMILES string of the molecule is NCCc1ccc(CS(=O)(=O)F)cc1. The van der Waals surface area contributed by atoms with Gasteiger partial charge in [-0.05, 0) is 24.1 Å². The third-order valence-electron chi connectivity index (χ3n) is 1.80. The largest absolute Gasteiger partial charge is 0.330 e. The van der Waals surface area contributed by atoms with E-state index in [-0.39, 0.29) is 0 Å². The van der Waals surface area contributed by atoms with Crippen LogP contribution in [0, 0.1) is 0 Å². The monoisotopic (exact) mass is 217 g/mol. The smallest absolute Gasteiger partial charge is 0.306 e. The zero-order valence-electron chi connectivity index (χ0n) is 7.61. The topological polar surface area (TPSA) is 60.2 Å². The molecule has 0 saturated carbocycles. The molecule has 0 unspecified atom stereocenters. The highest BCUT2D eigenvalue weighted by Gasteiger charge is 2.07. The highest BCUT2D eigenvalue weighted by atomic mass is 32.3. The number of halogens is 1. The maximum atomic E-state index is 12.3. The first-order valence-corrected chi connectivity index (χ1v) is 5.77. The Morgan fingerprint density at radius 2 is 1.64 bits per heavy atom. The van der Waals surface area contributed by atoms with Gasteiger partial charge < -0.3 is 5.73 Å². The molecule has 0 atom stereocenters. The molecule has 14 heavy (non-hydrogen) atoms. The van der Waals surface area contributed by atoms with Crippen molar-refractivity contribution in [1.82, 2.24) is 0 Å². The number of hydrogen-bond acceptors (Lipinski definition) is 3. The highest BCUT2D eigenvalue weighted by molar-refractivity contribution is 7.85. The van der Waals surface area contributed by atoms with Crippen molar-refractivity contribution in [3.05, 3.63) is 35.4 Å². The molecule has 0 aliphatic carbocycles. The normalized spacial score (nSPS) is 11.6. The van der Waals surface area contributed by atoms with Crippen LogP contribution in [-0.4, -0.2) is 15.0 Å². The van der Waals surface area contributed by atoms with Crippen molar-refractivity contribution in [2.45, 2.75) is 12.2 Å². The number of nitrogens with two attached hydrogens (primary N) is 1. The first kappa shape index (κ1) is 11.1. The Bertz CT molecular complexity index is 386. The molecule has 78 valence electrons. The molecule has 0 radical (unpaired) electrons. The van der Waals surface area contributed by atoms with Crippen molar-refractivity contribution in [3.8, 4) is 0 Å². The van der Waals surface area contributed by atoms with Crippen molar-refractivity contribution in [1.29, 1.82) is 0 Å².